The van der Waals surface area contributed by atoms with Gasteiger partial charge in [0, 0.05) is 17.0 Å². The van der Waals surface area contributed by atoms with Crippen LogP contribution in [-0.2, 0) is 4.79 Å². The summed E-state index contributed by atoms with van der Waals surface area (Å²) in [6.07, 6.45) is 4.05. The van der Waals surface area contributed by atoms with Crippen LogP contribution in [0.1, 0.15) is 44.4 Å². The molecule has 2 N–H and O–H groups in total. The number of ether oxygens (including phenoxy) is 2. The van der Waals surface area contributed by atoms with Gasteiger partial charge in [-0.3, -0.25) is 0 Å². The maximum Gasteiger partial charge on any atom is 0.341 e. The molecule has 0 bridgehead atoms. The number of thioether (sulfide) groups is 1. The third-order valence-electron chi connectivity index (χ3n) is 5.12. The summed E-state index contributed by atoms with van der Waals surface area (Å²) in [5.41, 5.74) is 2.86. The lowest BCUT2D eigenvalue weighted by molar-refractivity contribution is -0.139. The van der Waals surface area contributed by atoms with E-state index in [-0.39, 0.29) is 0 Å². The van der Waals surface area contributed by atoms with Gasteiger partial charge in [0.2, 0.25) is 17.3 Å². The molecule has 1 aliphatic heterocycles. The quantitative estimate of drug-likeness (QED) is 0.309. The van der Waals surface area contributed by atoms with Gasteiger partial charge in [0.25, 0.3) is 0 Å². The van der Waals surface area contributed by atoms with Gasteiger partial charge in [-0.2, -0.15) is 4.98 Å². The number of aromatic nitrogens is 3. The molecule has 2 aromatic carbocycles. The smallest absolute Gasteiger partial charge is 0.341 e. The van der Waals surface area contributed by atoms with E-state index in [1.165, 1.54) is 19.3 Å². The van der Waals surface area contributed by atoms with E-state index in [2.05, 4.69) is 27.4 Å². The summed E-state index contributed by atoms with van der Waals surface area (Å²) in [5.74, 6) is 0.667. The number of anilines is 1. The van der Waals surface area contributed by atoms with Crippen molar-refractivity contribution in [3.63, 3.8) is 0 Å². The van der Waals surface area contributed by atoms with Crippen LogP contribution in [0.5, 0.6) is 11.6 Å². The maximum absolute atomic E-state index is 11.0. The molecule has 0 fully saturated rings. The van der Waals surface area contributed by atoms with Crippen molar-refractivity contribution >= 4 is 23.4 Å². The predicted octanol–water partition coefficient (Wildman–Crippen LogP) is 5.18. The van der Waals surface area contributed by atoms with Crippen molar-refractivity contribution in [3.05, 3.63) is 54.1 Å². The molecule has 0 amide bonds. The second-order valence-electron chi connectivity index (χ2n) is 7.57. The number of nitrogens with one attached hydrogen (secondary N) is 1. The third kappa shape index (κ3) is 5.73. The first-order valence-electron chi connectivity index (χ1n) is 11.0. The lowest BCUT2D eigenvalue weighted by atomic mass is 10.1. The molecule has 8 nitrogen and oxygen atoms in total. The molecule has 0 saturated carbocycles. The molecule has 9 heteroatoms. The average Bonchev–Trinajstić information content (AvgIpc) is 2.99. The fraction of sp³-hybridized carbons (Fsp3) is 0.333. The highest BCUT2D eigenvalue weighted by Gasteiger charge is 2.28. The predicted molar refractivity (Wildman–Crippen MR) is 127 cm³/mol. The van der Waals surface area contributed by atoms with E-state index in [0.29, 0.717) is 28.0 Å². The van der Waals surface area contributed by atoms with E-state index < -0.39 is 18.8 Å². The van der Waals surface area contributed by atoms with Crippen LogP contribution in [0.3, 0.4) is 0 Å². The molecule has 33 heavy (non-hydrogen) atoms. The standard InChI is InChI=1S/C24H26N4O4S/c1-2-3-4-9-14-33-24-26-23-21(27-28-24)16-10-5-7-12-18(16)25-22(32-23)17-11-6-8-13-19(17)31-15-20(29)30/h5-8,10-13,22,25H,2-4,9,14-15H2,1H3,(H,29,30)/t22-/m1/s1. The molecule has 1 aromatic heterocycles. The van der Waals surface area contributed by atoms with Gasteiger partial charge < -0.3 is 19.9 Å². The maximum atomic E-state index is 11.0. The average molecular weight is 467 g/mol. The van der Waals surface area contributed by atoms with E-state index in [9.17, 15) is 4.79 Å². The zero-order valence-electron chi connectivity index (χ0n) is 18.4. The molecule has 0 unspecified atom stereocenters. The van der Waals surface area contributed by atoms with Gasteiger partial charge in [-0.1, -0.05) is 68.3 Å². The molecule has 1 atom stereocenters. The Hall–Kier alpha value is -3.33. The summed E-state index contributed by atoms with van der Waals surface area (Å²) in [5, 5.41) is 21.7. The van der Waals surface area contributed by atoms with Gasteiger partial charge in [-0.15, -0.1) is 10.2 Å². The minimum atomic E-state index is -1.05. The van der Waals surface area contributed by atoms with Crippen LogP contribution in [0.25, 0.3) is 11.3 Å². The lowest BCUT2D eigenvalue weighted by Crippen LogP contribution is -2.19. The number of carboxylic acid groups (broad SMARTS) is 1. The molecule has 0 saturated heterocycles. The molecular weight excluding hydrogens is 440 g/mol. The Balaban J connectivity index is 1.64. The van der Waals surface area contributed by atoms with E-state index in [0.717, 1.165) is 23.4 Å². The van der Waals surface area contributed by atoms with Crippen LogP contribution in [0, 0.1) is 0 Å². The minimum Gasteiger partial charge on any atom is -0.481 e. The number of unbranched alkanes of at least 4 members (excludes halogenated alkanes) is 3. The number of para-hydroxylation sites is 2. The Morgan fingerprint density at radius 1 is 1.12 bits per heavy atom. The van der Waals surface area contributed by atoms with Gasteiger partial charge in [0.1, 0.15) is 5.75 Å². The van der Waals surface area contributed by atoms with Crippen LogP contribution in [0.2, 0.25) is 0 Å². The Labute approximate surface area is 196 Å². The SMILES string of the molecule is CCCCCCSc1nnc2c(n1)O[C@H](c1ccccc1OCC(=O)O)Nc1ccccc1-2. The van der Waals surface area contributed by atoms with Crippen molar-refractivity contribution in [3.8, 4) is 22.9 Å². The number of carbonyl (C=O) groups is 1. The number of hydrogen-bond acceptors (Lipinski definition) is 8. The van der Waals surface area contributed by atoms with Crippen molar-refractivity contribution in [1.29, 1.82) is 0 Å². The Morgan fingerprint density at radius 3 is 2.79 bits per heavy atom. The number of nitrogens with zero attached hydrogens (tertiary/aromatic N) is 3. The molecule has 1 aliphatic rings. The number of hydrogen-bond donors (Lipinski definition) is 2. The van der Waals surface area contributed by atoms with Crippen LogP contribution in [-0.4, -0.2) is 38.6 Å². The second-order valence-corrected chi connectivity index (χ2v) is 8.63. The van der Waals surface area contributed by atoms with E-state index in [1.54, 1.807) is 23.9 Å². The van der Waals surface area contributed by atoms with Gasteiger partial charge in [0.15, 0.2) is 12.3 Å². The van der Waals surface area contributed by atoms with Gasteiger partial charge >= 0.3 is 5.97 Å². The van der Waals surface area contributed by atoms with E-state index in [1.807, 2.05) is 36.4 Å². The summed E-state index contributed by atoms with van der Waals surface area (Å²) in [4.78, 5) is 15.7. The summed E-state index contributed by atoms with van der Waals surface area (Å²) in [7, 11) is 0. The first-order valence-corrected chi connectivity index (χ1v) is 12.0. The largest absolute Gasteiger partial charge is 0.481 e. The summed E-state index contributed by atoms with van der Waals surface area (Å²) >= 11 is 1.57. The highest BCUT2D eigenvalue weighted by atomic mass is 32.2. The van der Waals surface area contributed by atoms with Crippen molar-refractivity contribution in [2.45, 2.75) is 44.0 Å². The summed E-state index contributed by atoms with van der Waals surface area (Å²) < 4.78 is 11.8. The molecule has 2 heterocycles. The van der Waals surface area contributed by atoms with Crippen LogP contribution in [0.4, 0.5) is 5.69 Å². The van der Waals surface area contributed by atoms with Crippen LogP contribution in [0.15, 0.2) is 53.7 Å². The van der Waals surface area contributed by atoms with Gasteiger partial charge in [-0.25, -0.2) is 4.79 Å². The zero-order valence-corrected chi connectivity index (χ0v) is 19.2. The minimum absolute atomic E-state index is 0.372. The van der Waals surface area contributed by atoms with Crippen molar-refractivity contribution < 1.29 is 19.4 Å². The second kappa shape index (κ2) is 11.0. The summed E-state index contributed by atoms with van der Waals surface area (Å²) in [6.45, 7) is 1.75. The molecule has 0 aliphatic carbocycles. The summed E-state index contributed by atoms with van der Waals surface area (Å²) in [6, 6.07) is 14.9. The van der Waals surface area contributed by atoms with Crippen LogP contribution >= 0.6 is 11.8 Å². The molecule has 172 valence electrons. The Kier molecular flexibility index (Phi) is 7.62. The van der Waals surface area contributed by atoms with E-state index >= 15 is 0 Å². The lowest BCUT2D eigenvalue weighted by Gasteiger charge is -2.21. The number of rotatable bonds is 10. The fourth-order valence-corrected chi connectivity index (χ4v) is 4.29. The van der Waals surface area contributed by atoms with Crippen molar-refractivity contribution in [2.75, 3.05) is 17.7 Å². The monoisotopic (exact) mass is 466 g/mol. The molecule has 0 radical (unpaired) electrons. The highest BCUT2D eigenvalue weighted by Crippen LogP contribution is 2.41. The number of benzene rings is 2. The number of fused-ring (bicyclic) bond motifs is 3. The molecule has 4 rings (SSSR count). The van der Waals surface area contributed by atoms with Crippen molar-refractivity contribution in [2.24, 2.45) is 0 Å². The fourth-order valence-electron chi connectivity index (χ4n) is 3.51. The van der Waals surface area contributed by atoms with Crippen molar-refractivity contribution in [1.82, 2.24) is 15.2 Å². The van der Waals surface area contributed by atoms with E-state index in [4.69, 9.17) is 14.6 Å². The molecule has 3 aromatic rings. The Morgan fingerprint density at radius 2 is 1.94 bits per heavy atom. The normalized spacial score (nSPS) is 14.3. The Bertz CT molecular complexity index is 1110. The highest BCUT2D eigenvalue weighted by molar-refractivity contribution is 7.99. The molecule has 0 spiro atoms. The molecular formula is C24H26N4O4S. The first-order chi connectivity index (χ1) is 16.2. The van der Waals surface area contributed by atoms with Gasteiger partial charge in [0.05, 0.1) is 5.56 Å². The first kappa shape index (κ1) is 22.8. The third-order valence-corrected chi connectivity index (χ3v) is 6.04. The zero-order chi connectivity index (χ0) is 23.0. The van der Waals surface area contributed by atoms with Gasteiger partial charge in [-0.05, 0) is 24.6 Å². The van der Waals surface area contributed by atoms with Crippen LogP contribution < -0.4 is 14.8 Å². The number of carboxylic acids is 1. The topological polar surface area (TPSA) is 106 Å². The number of aliphatic carboxylic acids is 1.